The van der Waals surface area contributed by atoms with Crippen molar-refractivity contribution in [3.8, 4) is 0 Å². The van der Waals surface area contributed by atoms with Gasteiger partial charge in [0.25, 0.3) is 0 Å². The zero-order valence-corrected chi connectivity index (χ0v) is 10.7. The number of benzene rings is 1. The smallest absolute Gasteiger partial charge is 0.322 e. The quantitative estimate of drug-likeness (QED) is 0.871. The van der Waals surface area contributed by atoms with E-state index in [0.29, 0.717) is 0 Å². The normalized spacial score (nSPS) is 10.6. The molecule has 4 heteroatoms. The first-order chi connectivity index (χ1) is 8.49. The standard InChI is InChI=1S/C14H16N2O2/c1-8-4-5-9(2)14-13(8)11(6-10(3)16-14)15-7-12(17)18/h4-6H,7H2,1-3H3,(H,15,16)(H,17,18). The molecule has 0 unspecified atom stereocenters. The summed E-state index contributed by atoms with van der Waals surface area (Å²) < 4.78 is 0. The molecule has 2 N–H and O–H groups in total. The first-order valence-corrected chi connectivity index (χ1v) is 5.82. The van der Waals surface area contributed by atoms with Gasteiger partial charge in [0, 0.05) is 16.8 Å². The number of anilines is 1. The number of carboxylic acids is 1. The van der Waals surface area contributed by atoms with Crippen molar-refractivity contribution in [2.24, 2.45) is 0 Å². The number of nitrogens with zero attached hydrogens (tertiary/aromatic N) is 1. The zero-order chi connectivity index (χ0) is 13.3. The fourth-order valence-electron chi connectivity index (χ4n) is 2.08. The summed E-state index contributed by atoms with van der Waals surface area (Å²) in [5.74, 6) is -0.872. The Kier molecular flexibility index (Phi) is 3.19. The van der Waals surface area contributed by atoms with Gasteiger partial charge in [-0.05, 0) is 38.0 Å². The molecule has 2 aromatic rings. The van der Waals surface area contributed by atoms with Gasteiger partial charge < -0.3 is 10.4 Å². The minimum absolute atomic E-state index is 0.0913. The summed E-state index contributed by atoms with van der Waals surface area (Å²) in [4.78, 5) is 15.2. The van der Waals surface area contributed by atoms with Gasteiger partial charge in [-0.15, -0.1) is 0 Å². The second kappa shape index (κ2) is 4.64. The summed E-state index contributed by atoms with van der Waals surface area (Å²) >= 11 is 0. The van der Waals surface area contributed by atoms with E-state index in [9.17, 15) is 4.79 Å². The summed E-state index contributed by atoms with van der Waals surface area (Å²) in [6.07, 6.45) is 0. The van der Waals surface area contributed by atoms with E-state index in [1.54, 1.807) is 0 Å². The van der Waals surface area contributed by atoms with Crippen LogP contribution in [0.5, 0.6) is 0 Å². The van der Waals surface area contributed by atoms with Gasteiger partial charge in [-0.2, -0.15) is 0 Å². The SMILES string of the molecule is Cc1cc(NCC(=O)O)c2c(C)ccc(C)c2n1. The Morgan fingerprint density at radius 3 is 2.61 bits per heavy atom. The summed E-state index contributed by atoms with van der Waals surface area (Å²) in [5.41, 5.74) is 4.83. The van der Waals surface area contributed by atoms with Crippen molar-refractivity contribution in [2.45, 2.75) is 20.8 Å². The van der Waals surface area contributed by atoms with E-state index in [1.165, 1.54) is 0 Å². The number of aliphatic carboxylic acids is 1. The van der Waals surface area contributed by atoms with Crippen LogP contribution in [-0.4, -0.2) is 22.6 Å². The van der Waals surface area contributed by atoms with Crippen molar-refractivity contribution in [1.29, 1.82) is 0 Å². The molecule has 0 aliphatic carbocycles. The number of pyridine rings is 1. The Morgan fingerprint density at radius 1 is 1.28 bits per heavy atom. The third-order valence-electron chi connectivity index (χ3n) is 2.93. The Labute approximate surface area is 106 Å². The van der Waals surface area contributed by atoms with E-state index in [2.05, 4.69) is 10.3 Å². The van der Waals surface area contributed by atoms with Crippen LogP contribution in [0.15, 0.2) is 18.2 Å². The molecule has 94 valence electrons. The topological polar surface area (TPSA) is 62.2 Å². The molecule has 1 aromatic carbocycles. The fourth-order valence-corrected chi connectivity index (χ4v) is 2.08. The van der Waals surface area contributed by atoms with Crippen LogP contribution in [0.3, 0.4) is 0 Å². The van der Waals surface area contributed by atoms with Gasteiger partial charge in [-0.1, -0.05) is 12.1 Å². The van der Waals surface area contributed by atoms with Gasteiger partial charge in [0.05, 0.1) is 5.52 Å². The summed E-state index contributed by atoms with van der Waals surface area (Å²) in [6.45, 7) is 5.83. The Hall–Kier alpha value is -2.10. The third-order valence-corrected chi connectivity index (χ3v) is 2.93. The van der Waals surface area contributed by atoms with Crippen LogP contribution in [0.25, 0.3) is 10.9 Å². The Morgan fingerprint density at radius 2 is 1.94 bits per heavy atom. The third kappa shape index (κ3) is 2.27. The van der Waals surface area contributed by atoms with Crippen LogP contribution in [0, 0.1) is 20.8 Å². The van der Waals surface area contributed by atoms with Gasteiger partial charge in [-0.25, -0.2) is 0 Å². The average Bonchev–Trinajstić information content (AvgIpc) is 2.30. The van der Waals surface area contributed by atoms with Crippen LogP contribution >= 0.6 is 0 Å². The molecule has 0 spiro atoms. The van der Waals surface area contributed by atoms with Gasteiger partial charge in [0.1, 0.15) is 6.54 Å². The van der Waals surface area contributed by atoms with Crippen LogP contribution in [0.2, 0.25) is 0 Å². The number of hydrogen-bond donors (Lipinski definition) is 2. The predicted octanol–water partition coefficient (Wildman–Crippen LogP) is 2.66. The first-order valence-electron chi connectivity index (χ1n) is 5.82. The molecule has 0 radical (unpaired) electrons. The van der Waals surface area contributed by atoms with E-state index >= 15 is 0 Å². The average molecular weight is 244 g/mol. The Bertz CT molecular complexity index is 621. The molecule has 0 saturated heterocycles. The monoisotopic (exact) mass is 244 g/mol. The van der Waals surface area contributed by atoms with Crippen molar-refractivity contribution in [1.82, 2.24) is 4.98 Å². The minimum atomic E-state index is -0.872. The molecule has 0 aliphatic rings. The Balaban J connectivity index is 2.64. The van der Waals surface area contributed by atoms with E-state index in [4.69, 9.17) is 5.11 Å². The molecule has 0 amide bonds. The fraction of sp³-hybridized carbons (Fsp3) is 0.286. The molecule has 1 heterocycles. The second-order valence-corrected chi connectivity index (χ2v) is 4.48. The molecule has 18 heavy (non-hydrogen) atoms. The lowest BCUT2D eigenvalue weighted by Gasteiger charge is -2.12. The van der Waals surface area contributed by atoms with Gasteiger partial charge >= 0.3 is 5.97 Å². The van der Waals surface area contributed by atoms with Gasteiger partial charge in [-0.3, -0.25) is 9.78 Å². The first kappa shape index (κ1) is 12.4. The van der Waals surface area contributed by atoms with Crippen LogP contribution in [-0.2, 0) is 4.79 Å². The molecule has 0 fully saturated rings. The summed E-state index contributed by atoms with van der Waals surface area (Å²) in [6, 6.07) is 5.95. The van der Waals surface area contributed by atoms with Crippen LogP contribution in [0.4, 0.5) is 5.69 Å². The largest absolute Gasteiger partial charge is 0.480 e. The molecule has 0 saturated carbocycles. The van der Waals surface area contributed by atoms with Crippen molar-refractivity contribution >= 4 is 22.6 Å². The highest BCUT2D eigenvalue weighted by Gasteiger charge is 2.09. The predicted molar refractivity (Wildman–Crippen MR) is 72.1 cm³/mol. The van der Waals surface area contributed by atoms with Crippen molar-refractivity contribution in [3.05, 3.63) is 35.0 Å². The number of carbonyl (C=O) groups is 1. The number of carboxylic acid groups (broad SMARTS) is 1. The van der Waals surface area contributed by atoms with Gasteiger partial charge in [0.15, 0.2) is 0 Å². The maximum Gasteiger partial charge on any atom is 0.322 e. The number of aryl methyl sites for hydroxylation is 3. The molecular formula is C14H16N2O2. The van der Waals surface area contributed by atoms with E-state index in [0.717, 1.165) is 33.4 Å². The van der Waals surface area contributed by atoms with Gasteiger partial charge in [0.2, 0.25) is 0 Å². The highest BCUT2D eigenvalue weighted by atomic mass is 16.4. The maximum absolute atomic E-state index is 10.7. The molecule has 2 rings (SSSR count). The molecule has 0 aliphatic heterocycles. The lowest BCUT2D eigenvalue weighted by Crippen LogP contribution is -2.13. The molecular weight excluding hydrogens is 228 g/mol. The highest BCUT2D eigenvalue weighted by Crippen LogP contribution is 2.28. The van der Waals surface area contributed by atoms with E-state index in [1.807, 2.05) is 39.0 Å². The van der Waals surface area contributed by atoms with Crippen molar-refractivity contribution < 1.29 is 9.90 Å². The molecule has 1 aromatic heterocycles. The second-order valence-electron chi connectivity index (χ2n) is 4.48. The highest BCUT2D eigenvalue weighted by molar-refractivity contribution is 5.96. The number of aromatic nitrogens is 1. The number of nitrogens with one attached hydrogen (secondary N) is 1. The van der Waals surface area contributed by atoms with Crippen LogP contribution < -0.4 is 5.32 Å². The van der Waals surface area contributed by atoms with E-state index in [-0.39, 0.29) is 6.54 Å². The number of fused-ring (bicyclic) bond motifs is 1. The summed E-state index contributed by atoms with van der Waals surface area (Å²) in [5, 5.41) is 12.7. The zero-order valence-electron chi connectivity index (χ0n) is 10.7. The lowest BCUT2D eigenvalue weighted by molar-refractivity contribution is -0.134. The lowest BCUT2D eigenvalue weighted by atomic mass is 10.0. The van der Waals surface area contributed by atoms with E-state index < -0.39 is 5.97 Å². The summed E-state index contributed by atoms with van der Waals surface area (Å²) in [7, 11) is 0. The van der Waals surface area contributed by atoms with Crippen LogP contribution in [0.1, 0.15) is 16.8 Å². The number of rotatable bonds is 3. The number of hydrogen-bond acceptors (Lipinski definition) is 3. The maximum atomic E-state index is 10.7. The molecule has 0 atom stereocenters. The molecule has 4 nitrogen and oxygen atoms in total. The van der Waals surface area contributed by atoms with Crippen molar-refractivity contribution in [2.75, 3.05) is 11.9 Å². The molecule has 0 bridgehead atoms. The van der Waals surface area contributed by atoms with Crippen molar-refractivity contribution in [3.63, 3.8) is 0 Å². The minimum Gasteiger partial charge on any atom is -0.480 e.